The van der Waals surface area contributed by atoms with E-state index in [0.717, 1.165) is 15.4 Å². The Bertz CT molecular complexity index is 470. The molecule has 66 valence electrons. The van der Waals surface area contributed by atoms with Crippen LogP contribution < -0.4 is 5.73 Å². The number of nitrogens with zero attached hydrogens (tertiary/aromatic N) is 1. The summed E-state index contributed by atoms with van der Waals surface area (Å²) in [5, 5.41) is 1.57. The first kappa shape index (κ1) is 8.78. The van der Waals surface area contributed by atoms with Crippen LogP contribution in [-0.2, 0) is 0 Å². The van der Waals surface area contributed by atoms with Gasteiger partial charge in [-0.1, -0.05) is 23.7 Å². The molecular weight excluding hydrogens is 251 g/mol. The van der Waals surface area contributed by atoms with Crippen LogP contribution in [0, 0.1) is 0 Å². The summed E-state index contributed by atoms with van der Waals surface area (Å²) in [6.45, 7) is 0. The largest absolute Gasteiger partial charge is 0.397 e. The standard InChI is InChI=1S/C9H6BrClN2/c10-8-5-2-1-3-6(11)9(5)13-4-7(8)12/h1-4H,12H2. The maximum atomic E-state index is 5.96. The Morgan fingerprint density at radius 2 is 2.15 bits per heavy atom. The zero-order chi connectivity index (χ0) is 9.42. The minimum Gasteiger partial charge on any atom is -0.397 e. The number of benzene rings is 1. The second-order valence-electron chi connectivity index (χ2n) is 2.66. The smallest absolute Gasteiger partial charge is 0.0901 e. The van der Waals surface area contributed by atoms with E-state index < -0.39 is 0 Å². The van der Waals surface area contributed by atoms with Crippen LogP contribution in [0.1, 0.15) is 0 Å². The molecule has 0 fully saturated rings. The van der Waals surface area contributed by atoms with Gasteiger partial charge in [-0.25, -0.2) is 0 Å². The first-order valence-corrected chi connectivity index (χ1v) is 4.85. The second kappa shape index (κ2) is 3.16. The average molecular weight is 258 g/mol. The van der Waals surface area contributed by atoms with E-state index >= 15 is 0 Å². The number of nitrogen functional groups attached to an aromatic ring is 1. The number of nitrogens with two attached hydrogens (primary N) is 1. The minimum atomic E-state index is 0.620. The number of para-hydroxylation sites is 1. The van der Waals surface area contributed by atoms with Gasteiger partial charge in [0.15, 0.2) is 0 Å². The van der Waals surface area contributed by atoms with E-state index in [2.05, 4.69) is 20.9 Å². The number of aromatic nitrogens is 1. The van der Waals surface area contributed by atoms with E-state index in [1.807, 2.05) is 12.1 Å². The predicted octanol–water partition coefficient (Wildman–Crippen LogP) is 3.23. The van der Waals surface area contributed by atoms with E-state index in [-0.39, 0.29) is 0 Å². The van der Waals surface area contributed by atoms with Crippen LogP contribution >= 0.6 is 27.5 Å². The molecule has 13 heavy (non-hydrogen) atoms. The lowest BCUT2D eigenvalue weighted by Gasteiger charge is -2.03. The fourth-order valence-electron chi connectivity index (χ4n) is 1.17. The lowest BCUT2D eigenvalue weighted by Crippen LogP contribution is -1.90. The molecule has 0 aliphatic carbocycles. The third-order valence-electron chi connectivity index (χ3n) is 1.81. The number of rotatable bonds is 0. The van der Waals surface area contributed by atoms with Crippen molar-refractivity contribution in [2.75, 3.05) is 5.73 Å². The molecule has 0 aliphatic heterocycles. The molecule has 2 nitrogen and oxygen atoms in total. The fraction of sp³-hybridized carbons (Fsp3) is 0. The van der Waals surface area contributed by atoms with Crippen molar-refractivity contribution in [3.8, 4) is 0 Å². The topological polar surface area (TPSA) is 38.9 Å². The summed E-state index contributed by atoms with van der Waals surface area (Å²) in [7, 11) is 0. The van der Waals surface area contributed by atoms with Crippen molar-refractivity contribution in [2.45, 2.75) is 0 Å². The lowest BCUT2D eigenvalue weighted by molar-refractivity contribution is 1.40. The highest BCUT2D eigenvalue weighted by Gasteiger charge is 2.05. The van der Waals surface area contributed by atoms with E-state index in [9.17, 15) is 0 Å². The van der Waals surface area contributed by atoms with Crippen molar-refractivity contribution < 1.29 is 0 Å². The molecule has 0 aliphatic rings. The molecule has 0 saturated heterocycles. The van der Waals surface area contributed by atoms with E-state index in [4.69, 9.17) is 17.3 Å². The summed E-state index contributed by atoms with van der Waals surface area (Å²) < 4.78 is 0.847. The van der Waals surface area contributed by atoms with Crippen molar-refractivity contribution in [1.29, 1.82) is 0 Å². The average Bonchev–Trinajstić information content (AvgIpc) is 2.12. The minimum absolute atomic E-state index is 0.620. The lowest BCUT2D eigenvalue weighted by atomic mass is 10.2. The van der Waals surface area contributed by atoms with Gasteiger partial charge in [0, 0.05) is 5.39 Å². The molecule has 0 bridgehead atoms. The van der Waals surface area contributed by atoms with Gasteiger partial charge in [-0.3, -0.25) is 4.98 Å². The van der Waals surface area contributed by atoms with E-state index in [0.29, 0.717) is 10.7 Å². The monoisotopic (exact) mass is 256 g/mol. The van der Waals surface area contributed by atoms with Crippen LogP contribution in [0.5, 0.6) is 0 Å². The van der Waals surface area contributed by atoms with Gasteiger partial charge in [-0.05, 0) is 22.0 Å². The molecule has 0 atom stereocenters. The first-order chi connectivity index (χ1) is 6.20. The molecule has 0 spiro atoms. The van der Waals surface area contributed by atoms with Gasteiger partial charge in [0.05, 0.1) is 26.9 Å². The van der Waals surface area contributed by atoms with Gasteiger partial charge >= 0.3 is 0 Å². The van der Waals surface area contributed by atoms with Gasteiger partial charge in [0.1, 0.15) is 0 Å². The summed E-state index contributed by atoms with van der Waals surface area (Å²) in [5.41, 5.74) is 7.07. The van der Waals surface area contributed by atoms with Crippen LogP contribution in [0.25, 0.3) is 10.9 Å². The summed E-state index contributed by atoms with van der Waals surface area (Å²) in [4.78, 5) is 4.15. The van der Waals surface area contributed by atoms with E-state index in [1.165, 1.54) is 0 Å². The van der Waals surface area contributed by atoms with Crippen LogP contribution in [0.2, 0.25) is 5.02 Å². The summed E-state index contributed by atoms with van der Waals surface area (Å²) in [6.07, 6.45) is 1.60. The Morgan fingerprint density at radius 3 is 2.92 bits per heavy atom. The van der Waals surface area contributed by atoms with Gasteiger partial charge in [-0.15, -0.1) is 0 Å². The van der Waals surface area contributed by atoms with Gasteiger partial charge in [0.2, 0.25) is 0 Å². The molecule has 1 heterocycles. The molecule has 2 aromatic rings. The van der Waals surface area contributed by atoms with Gasteiger partial charge < -0.3 is 5.73 Å². The van der Waals surface area contributed by atoms with Crippen molar-refractivity contribution in [3.05, 3.63) is 33.9 Å². The maximum absolute atomic E-state index is 5.96. The van der Waals surface area contributed by atoms with Gasteiger partial charge in [0.25, 0.3) is 0 Å². The molecule has 1 aromatic carbocycles. The quantitative estimate of drug-likeness (QED) is 0.787. The molecule has 1 aromatic heterocycles. The van der Waals surface area contributed by atoms with Crippen LogP contribution in [0.4, 0.5) is 5.69 Å². The van der Waals surface area contributed by atoms with Crippen LogP contribution in [0.15, 0.2) is 28.9 Å². The Kier molecular flexibility index (Phi) is 2.14. The Hall–Kier alpha value is -0.800. The van der Waals surface area contributed by atoms with Crippen LogP contribution in [-0.4, -0.2) is 4.98 Å². The number of hydrogen-bond acceptors (Lipinski definition) is 2. The molecule has 4 heteroatoms. The highest BCUT2D eigenvalue weighted by molar-refractivity contribution is 9.10. The summed E-state index contributed by atoms with van der Waals surface area (Å²) >= 11 is 9.35. The van der Waals surface area contributed by atoms with Crippen molar-refractivity contribution in [2.24, 2.45) is 0 Å². The molecule has 0 amide bonds. The normalized spacial score (nSPS) is 10.6. The molecule has 0 saturated carbocycles. The zero-order valence-corrected chi connectivity index (χ0v) is 8.93. The Balaban J connectivity index is 2.94. The zero-order valence-electron chi connectivity index (χ0n) is 6.59. The molecule has 0 radical (unpaired) electrons. The second-order valence-corrected chi connectivity index (χ2v) is 3.86. The number of anilines is 1. The van der Waals surface area contributed by atoms with Gasteiger partial charge in [-0.2, -0.15) is 0 Å². The SMILES string of the molecule is Nc1cnc2c(Cl)cccc2c1Br. The Labute approximate surface area is 88.8 Å². The first-order valence-electron chi connectivity index (χ1n) is 3.68. The van der Waals surface area contributed by atoms with Crippen LogP contribution in [0.3, 0.4) is 0 Å². The summed E-state index contributed by atoms with van der Waals surface area (Å²) in [5.74, 6) is 0. The highest BCUT2D eigenvalue weighted by atomic mass is 79.9. The number of fused-ring (bicyclic) bond motifs is 1. The fourth-order valence-corrected chi connectivity index (χ4v) is 1.82. The maximum Gasteiger partial charge on any atom is 0.0901 e. The number of hydrogen-bond donors (Lipinski definition) is 1. The Morgan fingerprint density at radius 1 is 1.38 bits per heavy atom. The third kappa shape index (κ3) is 1.38. The number of halogens is 2. The van der Waals surface area contributed by atoms with Crippen molar-refractivity contribution >= 4 is 44.1 Å². The molecule has 0 unspecified atom stereocenters. The third-order valence-corrected chi connectivity index (χ3v) is 3.00. The molecule has 2 N–H and O–H groups in total. The van der Waals surface area contributed by atoms with Crippen molar-refractivity contribution in [3.63, 3.8) is 0 Å². The number of pyridine rings is 1. The van der Waals surface area contributed by atoms with E-state index in [1.54, 1.807) is 12.3 Å². The molecular formula is C9H6BrClN2. The molecule has 2 rings (SSSR count). The highest BCUT2D eigenvalue weighted by Crippen LogP contribution is 2.30. The predicted molar refractivity (Wildman–Crippen MR) is 58.9 cm³/mol. The summed E-state index contributed by atoms with van der Waals surface area (Å²) in [6, 6.07) is 5.60. The van der Waals surface area contributed by atoms with Crippen molar-refractivity contribution in [1.82, 2.24) is 4.98 Å².